The van der Waals surface area contributed by atoms with Gasteiger partial charge in [-0.15, -0.1) is 0 Å². The molecule has 30 heavy (non-hydrogen) atoms. The Morgan fingerprint density at radius 3 is 2.73 bits per heavy atom. The maximum Gasteiger partial charge on any atom is 0.307 e. The van der Waals surface area contributed by atoms with Gasteiger partial charge in [0.15, 0.2) is 0 Å². The Labute approximate surface area is 176 Å². The molecule has 2 heterocycles. The predicted molar refractivity (Wildman–Crippen MR) is 115 cm³/mol. The summed E-state index contributed by atoms with van der Waals surface area (Å²) in [5.74, 6) is 0.284. The van der Waals surface area contributed by atoms with Crippen LogP contribution < -0.4 is 9.47 Å². The number of rotatable bonds is 6. The molecule has 156 valence electrons. The molecule has 0 amide bonds. The van der Waals surface area contributed by atoms with Crippen molar-refractivity contribution >= 4 is 16.9 Å². The lowest BCUT2D eigenvalue weighted by Gasteiger charge is -2.37. The average Bonchev–Trinajstić information content (AvgIpc) is 2.79. The quantitative estimate of drug-likeness (QED) is 0.663. The molecular formula is C24H26N2O4. The van der Waals surface area contributed by atoms with Crippen molar-refractivity contribution in [3.8, 4) is 11.5 Å². The molecule has 1 aliphatic heterocycles. The van der Waals surface area contributed by atoms with Crippen molar-refractivity contribution in [3.05, 3.63) is 65.9 Å². The molecule has 1 saturated heterocycles. The molecule has 3 aromatic rings. The van der Waals surface area contributed by atoms with Crippen molar-refractivity contribution in [2.45, 2.75) is 18.9 Å². The fourth-order valence-electron chi connectivity index (χ4n) is 4.26. The van der Waals surface area contributed by atoms with Crippen LogP contribution in [0.1, 0.15) is 30.1 Å². The summed E-state index contributed by atoms with van der Waals surface area (Å²) in [6.07, 6.45) is 1.53. The molecule has 1 aromatic heterocycles. The number of piperidine rings is 1. The van der Waals surface area contributed by atoms with E-state index in [4.69, 9.17) is 14.5 Å². The maximum atomic E-state index is 11.7. The number of ether oxygens (including phenoxy) is 2. The zero-order valence-corrected chi connectivity index (χ0v) is 17.2. The molecule has 0 saturated carbocycles. The lowest BCUT2D eigenvalue weighted by molar-refractivity contribution is -0.143. The first kappa shape index (κ1) is 20.2. The van der Waals surface area contributed by atoms with Gasteiger partial charge in [0.25, 0.3) is 0 Å². The number of nitrogens with zero attached hydrogens (tertiary/aromatic N) is 2. The van der Waals surface area contributed by atoms with Gasteiger partial charge in [0.05, 0.1) is 37.4 Å². The summed E-state index contributed by atoms with van der Waals surface area (Å²) in [5.41, 5.74) is 2.74. The minimum absolute atomic E-state index is 0.211. The Bertz CT molecular complexity index is 1050. The molecule has 6 heteroatoms. The molecule has 1 fully saturated rings. The van der Waals surface area contributed by atoms with E-state index in [1.807, 2.05) is 48.5 Å². The Kier molecular flexibility index (Phi) is 5.86. The fourth-order valence-corrected chi connectivity index (χ4v) is 4.26. The van der Waals surface area contributed by atoms with Crippen LogP contribution in [0, 0.1) is 5.92 Å². The molecule has 4 rings (SSSR count). The number of para-hydroxylation sites is 1. The highest BCUT2D eigenvalue weighted by atomic mass is 16.5. The van der Waals surface area contributed by atoms with Crippen LogP contribution in [-0.4, -0.2) is 48.3 Å². The third-order valence-corrected chi connectivity index (χ3v) is 5.80. The van der Waals surface area contributed by atoms with Crippen LogP contribution in [0.5, 0.6) is 11.5 Å². The molecule has 1 N–H and O–H groups in total. The van der Waals surface area contributed by atoms with Gasteiger partial charge in [-0.2, -0.15) is 0 Å². The molecular weight excluding hydrogens is 380 g/mol. The lowest BCUT2D eigenvalue weighted by Crippen LogP contribution is -2.41. The topological polar surface area (TPSA) is 71.9 Å². The largest absolute Gasteiger partial charge is 0.497 e. The molecule has 0 bridgehead atoms. The van der Waals surface area contributed by atoms with E-state index >= 15 is 0 Å². The van der Waals surface area contributed by atoms with Crippen molar-refractivity contribution in [2.24, 2.45) is 5.92 Å². The number of hydrogen-bond donors (Lipinski definition) is 1. The van der Waals surface area contributed by atoms with Gasteiger partial charge in [-0.1, -0.05) is 24.3 Å². The number of likely N-dealkylation sites (tertiary alicyclic amines) is 1. The zero-order chi connectivity index (χ0) is 21.1. The third-order valence-electron chi connectivity index (χ3n) is 5.80. The number of pyridine rings is 1. The molecule has 0 spiro atoms. The number of fused-ring (bicyclic) bond motifs is 1. The number of carbonyl (C=O) groups is 1. The summed E-state index contributed by atoms with van der Waals surface area (Å²) < 4.78 is 11.1. The summed E-state index contributed by atoms with van der Waals surface area (Å²) >= 11 is 0. The van der Waals surface area contributed by atoms with Gasteiger partial charge in [-0.3, -0.25) is 14.7 Å². The lowest BCUT2D eigenvalue weighted by atomic mass is 9.92. The second kappa shape index (κ2) is 8.71. The maximum absolute atomic E-state index is 11.7. The molecule has 0 radical (unpaired) electrons. The van der Waals surface area contributed by atoms with Crippen LogP contribution in [0.25, 0.3) is 10.9 Å². The highest BCUT2D eigenvalue weighted by Crippen LogP contribution is 2.38. The molecule has 1 aliphatic rings. The Hall–Kier alpha value is -3.12. The van der Waals surface area contributed by atoms with Gasteiger partial charge in [0.1, 0.15) is 11.5 Å². The minimum atomic E-state index is -0.744. The van der Waals surface area contributed by atoms with Gasteiger partial charge < -0.3 is 14.6 Å². The van der Waals surface area contributed by atoms with Crippen molar-refractivity contribution in [3.63, 3.8) is 0 Å². The van der Waals surface area contributed by atoms with Crippen LogP contribution >= 0.6 is 0 Å². The standard InChI is InChI=1S/C24H26N2O4/c1-29-18-10-11-19(22(14-18)30-2)23(26-13-5-7-17(15-26)24(27)28)21-12-9-16-6-3-4-8-20(16)25-21/h3-4,6,8-12,14,17,23H,5,7,13,15H2,1-2H3,(H,27,28). The minimum Gasteiger partial charge on any atom is -0.497 e. The molecule has 0 aliphatic carbocycles. The Morgan fingerprint density at radius 2 is 1.97 bits per heavy atom. The first-order chi connectivity index (χ1) is 14.6. The van der Waals surface area contributed by atoms with E-state index in [1.54, 1.807) is 14.2 Å². The second-order valence-corrected chi connectivity index (χ2v) is 7.61. The van der Waals surface area contributed by atoms with Crippen molar-refractivity contribution < 1.29 is 19.4 Å². The fraction of sp³-hybridized carbons (Fsp3) is 0.333. The molecule has 2 aromatic carbocycles. The molecule has 2 unspecified atom stereocenters. The van der Waals surface area contributed by atoms with Crippen molar-refractivity contribution in [2.75, 3.05) is 27.3 Å². The number of methoxy groups -OCH3 is 2. The summed E-state index contributed by atoms with van der Waals surface area (Å²) in [6.45, 7) is 1.28. The summed E-state index contributed by atoms with van der Waals surface area (Å²) in [7, 11) is 3.26. The van der Waals surface area contributed by atoms with E-state index in [-0.39, 0.29) is 12.0 Å². The van der Waals surface area contributed by atoms with Crippen LogP contribution in [0.15, 0.2) is 54.6 Å². The second-order valence-electron chi connectivity index (χ2n) is 7.61. The van der Waals surface area contributed by atoms with Gasteiger partial charge >= 0.3 is 5.97 Å². The van der Waals surface area contributed by atoms with Crippen LogP contribution in [-0.2, 0) is 4.79 Å². The molecule has 6 nitrogen and oxygen atoms in total. The smallest absolute Gasteiger partial charge is 0.307 e. The number of aromatic nitrogens is 1. The normalized spacial score (nSPS) is 18.1. The van der Waals surface area contributed by atoms with Crippen molar-refractivity contribution in [1.82, 2.24) is 9.88 Å². The first-order valence-corrected chi connectivity index (χ1v) is 10.1. The summed E-state index contributed by atoms with van der Waals surface area (Å²) in [6, 6.07) is 17.7. The summed E-state index contributed by atoms with van der Waals surface area (Å²) in [4.78, 5) is 18.8. The Balaban J connectivity index is 1.83. The van der Waals surface area contributed by atoms with E-state index < -0.39 is 5.97 Å². The summed E-state index contributed by atoms with van der Waals surface area (Å²) in [5, 5.41) is 10.7. The van der Waals surface area contributed by atoms with Gasteiger partial charge in [0.2, 0.25) is 0 Å². The van der Waals surface area contributed by atoms with Gasteiger partial charge in [-0.05, 0) is 43.7 Å². The van der Waals surface area contributed by atoms with Gasteiger partial charge in [0, 0.05) is 23.6 Å². The number of carboxylic acid groups (broad SMARTS) is 1. The average molecular weight is 406 g/mol. The number of aliphatic carboxylic acids is 1. The number of hydrogen-bond acceptors (Lipinski definition) is 5. The van der Waals surface area contributed by atoms with E-state index in [2.05, 4.69) is 11.0 Å². The van der Waals surface area contributed by atoms with E-state index in [9.17, 15) is 9.90 Å². The van der Waals surface area contributed by atoms with Crippen LogP contribution in [0.3, 0.4) is 0 Å². The van der Waals surface area contributed by atoms with Crippen LogP contribution in [0.4, 0.5) is 0 Å². The highest BCUT2D eigenvalue weighted by Gasteiger charge is 2.33. The van der Waals surface area contributed by atoms with Crippen LogP contribution in [0.2, 0.25) is 0 Å². The first-order valence-electron chi connectivity index (χ1n) is 10.1. The molecule has 2 atom stereocenters. The SMILES string of the molecule is COc1ccc(C(c2ccc3ccccc3n2)N2CCCC(C(=O)O)C2)c(OC)c1. The predicted octanol–water partition coefficient (Wildman–Crippen LogP) is 4.14. The highest BCUT2D eigenvalue weighted by molar-refractivity contribution is 5.78. The third kappa shape index (κ3) is 3.96. The van der Waals surface area contributed by atoms with E-state index in [0.29, 0.717) is 24.5 Å². The Morgan fingerprint density at radius 1 is 1.13 bits per heavy atom. The number of benzene rings is 2. The van der Waals surface area contributed by atoms with Gasteiger partial charge in [-0.25, -0.2) is 0 Å². The monoisotopic (exact) mass is 406 g/mol. The van der Waals surface area contributed by atoms with E-state index in [1.165, 1.54) is 0 Å². The number of carboxylic acids is 1. The zero-order valence-electron chi connectivity index (χ0n) is 17.2. The van der Waals surface area contributed by atoms with Crippen molar-refractivity contribution in [1.29, 1.82) is 0 Å². The van der Waals surface area contributed by atoms with E-state index in [0.717, 1.165) is 35.1 Å².